The van der Waals surface area contributed by atoms with Crippen LogP contribution >= 0.6 is 11.3 Å². The van der Waals surface area contributed by atoms with E-state index in [1.165, 1.54) is 97.4 Å². The van der Waals surface area contributed by atoms with Crippen molar-refractivity contribution in [2.45, 2.75) is 0 Å². The molecule has 0 aliphatic rings. The summed E-state index contributed by atoms with van der Waals surface area (Å²) in [6, 6.07) is 91.1. The Bertz CT molecular complexity index is 3650. The molecule has 0 N–H and O–H groups in total. The first kappa shape index (κ1) is 37.7. The van der Waals surface area contributed by atoms with Gasteiger partial charge in [-0.2, -0.15) is 0 Å². The van der Waals surface area contributed by atoms with Gasteiger partial charge in [0.2, 0.25) is 0 Å². The van der Waals surface area contributed by atoms with Crippen molar-refractivity contribution in [1.82, 2.24) is 0 Å². The molecule has 0 spiro atoms. The van der Waals surface area contributed by atoms with Gasteiger partial charge in [0.25, 0.3) is 0 Å². The predicted octanol–water partition coefficient (Wildman–Crippen LogP) is 18.2. The maximum absolute atomic E-state index is 2.56. The minimum absolute atomic E-state index is 1.08. The highest BCUT2D eigenvalue weighted by Gasteiger charge is 2.27. The number of rotatable bonds is 8. The first-order valence-corrected chi connectivity index (χ1v) is 22.7. The highest BCUT2D eigenvalue weighted by molar-refractivity contribution is 7.26. The van der Waals surface area contributed by atoms with Gasteiger partial charge in [0.15, 0.2) is 0 Å². The van der Waals surface area contributed by atoms with Crippen molar-refractivity contribution in [2.24, 2.45) is 0 Å². The van der Waals surface area contributed by atoms with E-state index in [0.717, 1.165) is 17.1 Å². The molecule has 300 valence electrons. The Morgan fingerprint density at radius 3 is 1.52 bits per heavy atom. The van der Waals surface area contributed by atoms with Crippen LogP contribution in [0, 0.1) is 0 Å². The van der Waals surface area contributed by atoms with Gasteiger partial charge in [-0.25, -0.2) is 0 Å². The normalized spacial score (nSPS) is 11.4. The Labute approximate surface area is 377 Å². The van der Waals surface area contributed by atoms with E-state index in [0.29, 0.717) is 0 Å². The molecule has 0 unspecified atom stereocenters. The quantitative estimate of drug-likeness (QED) is 0.138. The fourth-order valence-corrected chi connectivity index (χ4v) is 11.0. The molecule has 12 aromatic rings. The first-order valence-electron chi connectivity index (χ1n) is 21.9. The average molecular weight is 832 g/mol. The molecule has 1 aromatic heterocycles. The number of hydrogen-bond donors (Lipinski definition) is 0. The van der Waals surface area contributed by atoms with Crippen LogP contribution in [0.5, 0.6) is 0 Å². The summed E-state index contributed by atoms with van der Waals surface area (Å²) in [6.07, 6.45) is 0. The molecule has 0 saturated heterocycles. The van der Waals surface area contributed by atoms with Crippen LogP contribution in [0.1, 0.15) is 0 Å². The van der Waals surface area contributed by atoms with E-state index in [1.54, 1.807) is 0 Å². The van der Waals surface area contributed by atoms with Crippen LogP contribution in [0.25, 0.3) is 97.4 Å². The zero-order chi connectivity index (χ0) is 42.4. The van der Waals surface area contributed by atoms with Crippen molar-refractivity contribution in [2.75, 3.05) is 4.90 Å². The fraction of sp³-hybridized carbons (Fsp3) is 0. The van der Waals surface area contributed by atoms with Gasteiger partial charge in [0.1, 0.15) is 0 Å². The maximum Gasteiger partial charge on any atom is 0.0625 e. The lowest BCUT2D eigenvalue weighted by Crippen LogP contribution is -2.14. The SMILES string of the molecule is c1ccc(-c2ccc(-c3ccc(N(c4ccccc4-c4cccc5c4sc4ccccc45)c4c(-c5ccccc5)c5ccccc5c5ccccc45)cc3-c3ccccc3)cc2)cc1. The minimum atomic E-state index is 1.08. The average Bonchev–Trinajstić information content (AvgIpc) is 3.77. The topological polar surface area (TPSA) is 3.24 Å². The summed E-state index contributed by atoms with van der Waals surface area (Å²) in [5.74, 6) is 0. The molecule has 2 heteroatoms. The summed E-state index contributed by atoms with van der Waals surface area (Å²) in [4.78, 5) is 2.56. The molecule has 64 heavy (non-hydrogen) atoms. The molecule has 0 aliphatic carbocycles. The largest absolute Gasteiger partial charge is 0.309 e. The highest BCUT2D eigenvalue weighted by Crippen LogP contribution is 2.53. The number of nitrogens with zero attached hydrogens (tertiary/aromatic N) is 1. The van der Waals surface area contributed by atoms with Crippen molar-refractivity contribution in [3.05, 3.63) is 249 Å². The van der Waals surface area contributed by atoms with Gasteiger partial charge in [-0.1, -0.05) is 224 Å². The molecule has 12 rings (SSSR count). The molecule has 0 amide bonds. The third kappa shape index (κ3) is 6.47. The Morgan fingerprint density at radius 2 is 0.781 bits per heavy atom. The van der Waals surface area contributed by atoms with Crippen molar-refractivity contribution < 1.29 is 0 Å². The maximum atomic E-state index is 2.56. The molecule has 0 bridgehead atoms. The number of anilines is 3. The van der Waals surface area contributed by atoms with Gasteiger partial charge in [-0.3, -0.25) is 0 Å². The molecule has 0 saturated carbocycles. The molecule has 1 heterocycles. The summed E-state index contributed by atoms with van der Waals surface area (Å²) in [7, 11) is 0. The van der Waals surface area contributed by atoms with E-state index in [2.05, 4.69) is 254 Å². The van der Waals surface area contributed by atoms with E-state index < -0.39 is 0 Å². The van der Waals surface area contributed by atoms with E-state index in [1.807, 2.05) is 11.3 Å². The lowest BCUT2D eigenvalue weighted by molar-refractivity contribution is 1.30. The Balaban J connectivity index is 1.18. The molecular formula is C62H41NS. The minimum Gasteiger partial charge on any atom is -0.309 e. The summed E-state index contributed by atoms with van der Waals surface area (Å²) >= 11 is 1.88. The van der Waals surface area contributed by atoms with Crippen LogP contribution in [-0.4, -0.2) is 0 Å². The van der Waals surface area contributed by atoms with Crippen LogP contribution < -0.4 is 4.90 Å². The number of thiophene rings is 1. The molecule has 0 atom stereocenters. The van der Waals surface area contributed by atoms with Gasteiger partial charge in [-0.05, 0) is 79.4 Å². The molecular weight excluding hydrogens is 791 g/mol. The predicted molar refractivity (Wildman–Crippen MR) is 276 cm³/mol. The molecule has 11 aromatic carbocycles. The van der Waals surface area contributed by atoms with Crippen LogP contribution in [-0.2, 0) is 0 Å². The summed E-state index contributed by atoms with van der Waals surface area (Å²) in [6.45, 7) is 0. The second-order valence-corrected chi connectivity index (χ2v) is 17.4. The van der Waals surface area contributed by atoms with Gasteiger partial charge in [0, 0.05) is 47.9 Å². The van der Waals surface area contributed by atoms with Gasteiger partial charge >= 0.3 is 0 Å². The summed E-state index contributed by atoms with van der Waals surface area (Å²) < 4.78 is 2.59. The smallest absolute Gasteiger partial charge is 0.0625 e. The molecule has 1 nitrogen and oxygen atoms in total. The van der Waals surface area contributed by atoms with Crippen LogP contribution in [0.3, 0.4) is 0 Å². The lowest BCUT2D eigenvalue weighted by Gasteiger charge is -2.33. The Hall–Kier alpha value is -8.04. The Morgan fingerprint density at radius 1 is 0.281 bits per heavy atom. The highest BCUT2D eigenvalue weighted by atomic mass is 32.1. The molecule has 0 radical (unpaired) electrons. The van der Waals surface area contributed by atoms with Crippen LogP contribution in [0.4, 0.5) is 17.1 Å². The van der Waals surface area contributed by atoms with E-state index >= 15 is 0 Å². The summed E-state index contributed by atoms with van der Waals surface area (Å²) in [5, 5.41) is 7.45. The number of para-hydroxylation sites is 1. The van der Waals surface area contributed by atoms with Gasteiger partial charge < -0.3 is 4.90 Å². The first-order chi connectivity index (χ1) is 31.8. The second kappa shape index (κ2) is 16.0. The molecule has 0 aliphatic heterocycles. The third-order valence-electron chi connectivity index (χ3n) is 12.7. The van der Waals surface area contributed by atoms with Crippen molar-refractivity contribution in [1.29, 1.82) is 0 Å². The zero-order valence-corrected chi connectivity index (χ0v) is 35.8. The Kier molecular flexibility index (Phi) is 9.43. The number of hydrogen-bond acceptors (Lipinski definition) is 2. The van der Waals surface area contributed by atoms with Crippen LogP contribution in [0.15, 0.2) is 249 Å². The fourth-order valence-electron chi connectivity index (χ4n) is 9.75. The number of fused-ring (bicyclic) bond motifs is 6. The van der Waals surface area contributed by atoms with Crippen molar-refractivity contribution in [3.8, 4) is 55.6 Å². The molecule has 0 fully saturated rings. The summed E-state index contributed by atoms with van der Waals surface area (Å²) in [5.41, 5.74) is 15.2. The zero-order valence-electron chi connectivity index (χ0n) is 35.0. The number of benzene rings is 11. The van der Waals surface area contributed by atoms with E-state index in [4.69, 9.17) is 0 Å². The van der Waals surface area contributed by atoms with Crippen molar-refractivity contribution >= 4 is 70.1 Å². The van der Waals surface area contributed by atoms with Crippen molar-refractivity contribution in [3.63, 3.8) is 0 Å². The monoisotopic (exact) mass is 831 g/mol. The lowest BCUT2D eigenvalue weighted by atomic mass is 9.89. The van der Waals surface area contributed by atoms with Crippen LogP contribution in [0.2, 0.25) is 0 Å². The van der Waals surface area contributed by atoms with Gasteiger partial charge in [-0.15, -0.1) is 11.3 Å². The van der Waals surface area contributed by atoms with E-state index in [9.17, 15) is 0 Å². The standard InChI is InChI=1S/C62H41NS/c1-4-19-42(20-5-1)43-35-37-45(38-36-43)48-40-39-47(41-57(48)44-21-6-2-7-22-44)63(58-33-16-14-27-51(58)55-31-18-32-56-52-28-15-17-34-59(52)64-62(55)56)61-54-30-13-11-26-50(54)49-25-10-12-29-53(49)60(61)46-23-8-3-9-24-46/h1-41H. The van der Waals surface area contributed by atoms with E-state index in [-0.39, 0.29) is 0 Å². The second-order valence-electron chi connectivity index (χ2n) is 16.4. The third-order valence-corrected chi connectivity index (χ3v) is 13.9. The van der Waals surface area contributed by atoms with Gasteiger partial charge in [0.05, 0.1) is 11.4 Å².